The van der Waals surface area contributed by atoms with Gasteiger partial charge in [0.15, 0.2) is 18.1 Å². The van der Waals surface area contributed by atoms with Crippen molar-refractivity contribution >= 4 is 63.0 Å². The molecular formula is C40H35N3O7S2. The fourth-order valence-corrected chi connectivity index (χ4v) is 12.0. The summed E-state index contributed by atoms with van der Waals surface area (Å²) >= 11 is 2.85. The lowest BCUT2D eigenvalue weighted by molar-refractivity contribution is -0.123. The molecule has 0 radical (unpaired) electrons. The van der Waals surface area contributed by atoms with Crippen LogP contribution in [0.4, 0.5) is 11.4 Å². The third kappa shape index (κ3) is 5.30. The largest absolute Gasteiger partial charge is 0.497 e. The Morgan fingerprint density at radius 2 is 1.65 bits per heavy atom. The van der Waals surface area contributed by atoms with Gasteiger partial charge in [0.2, 0.25) is 11.8 Å². The fraction of sp³-hybridized carbons (Fsp3) is 0.300. The van der Waals surface area contributed by atoms with Crippen LogP contribution in [0.5, 0.6) is 17.2 Å². The topological polar surface area (TPSA) is 127 Å². The van der Waals surface area contributed by atoms with Gasteiger partial charge in [-0.3, -0.25) is 24.1 Å². The number of imide groups is 1. The number of carbonyl (C=O) groups excluding carboxylic acids is 3. The first-order valence-electron chi connectivity index (χ1n) is 17.4. The molecule has 9 rings (SSSR count). The van der Waals surface area contributed by atoms with E-state index in [1.807, 2.05) is 67.6 Å². The Labute approximate surface area is 307 Å². The van der Waals surface area contributed by atoms with E-state index in [4.69, 9.17) is 14.2 Å². The van der Waals surface area contributed by atoms with E-state index in [0.717, 1.165) is 32.7 Å². The van der Waals surface area contributed by atoms with Gasteiger partial charge in [-0.05, 0) is 96.0 Å². The number of ether oxygens (including phenoxy) is 3. The van der Waals surface area contributed by atoms with Gasteiger partial charge in [0.1, 0.15) is 5.75 Å². The van der Waals surface area contributed by atoms with E-state index in [-0.39, 0.29) is 58.1 Å². The summed E-state index contributed by atoms with van der Waals surface area (Å²) in [4.78, 5) is 59.1. The molecule has 4 unspecified atom stereocenters. The van der Waals surface area contributed by atoms with Gasteiger partial charge >= 0.3 is 4.87 Å². The van der Waals surface area contributed by atoms with Gasteiger partial charge in [-0.1, -0.05) is 47.7 Å². The summed E-state index contributed by atoms with van der Waals surface area (Å²) in [5.41, 5.74) is 2.18. The molecule has 3 fully saturated rings. The minimum atomic E-state index is -0.420. The number of hydrogen-bond acceptors (Lipinski definition) is 9. The lowest BCUT2D eigenvalue weighted by atomic mass is 9.68. The number of H-pyrrole nitrogens is 1. The molecule has 3 amide bonds. The molecule has 2 aliphatic carbocycles. The second-order valence-corrected chi connectivity index (χ2v) is 15.9. The molecule has 10 nitrogen and oxygen atoms in total. The van der Waals surface area contributed by atoms with Crippen LogP contribution in [0, 0.1) is 29.6 Å². The van der Waals surface area contributed by atoms with Crippen LogP contribution in [-0.2, 0) is 14.4 Å². The first-order valence-corrected chi connectivity index (χ1v) is 19.1. The highest BCUT2D eigenvalue weighted by molar-refractivity contribution is 8.00. The minimum Gasteiger partial charge on any atom is -0.497 e. The number of carbonyl (C=O) groups is 3. The molecule has 4 aromatic carbocycles. The zero-order valence-corrected chi connectivity index (χ0v) is 30.0. The van der Waals surface area contributed by atoms with Crippen LogP contribution in [0.1, 0.15) is 29.7 Å². The molecule has 2 aliphatic heterocycles. The highest BCUT2D eigenvalue weighted by Gasteiger charge is 2.69. The first kappa shape index (κ1) is 32.8. The summed E-state index contributed by atoms with van der Waals surface area (Å²) in [5.74, 6) is -0.0204. The Morgan fingerprint density at radius 1 is 0.885 bits per heavy atom. The molecule has 2 bridgehead atoms. The SMILES string of the molecule is CCOc1cc([C@H]2c3sc(=O)[nH]c3SC3C2[C@H]2C[C@@H]3C3C(=O)N(c4ccc(OC)cc4)C(=O)C32)ccc1OCC(=O)Nc1ccc2ccccc2c1. The fourth-order valence-electron chi connectivity index (χ4n) is 9.09. The average molecular weight is 734 g/mol. The Bertz CT molecular complexity index is 2300. The highest BCUT2D eigenvalue weighted by atomic mass is 32.2. The number of hydrogen-bond donors (Lipinski definition) is 2. The van der Waals surface area contributed by atoms with Crippen molar-refractivity contribution in [2.24, 2.45) is 29.6 Å². The zero-order chi connectivity index (χ0) is 35.7. The van der Waals surface area contributed by atoms with Crippen molar-refractivity contribution in [3.05, 3.63) is 105 Å². The number of fused-ring (bicyclic) bond motifs is 10. The standard InChI is InChI=1S/C40H35N3O7S2/c1-3-49-29-17-22(9-15-28(29)50-19-30(44)41-23-10-8-20-6-4-5-7-21(20)16-23)31-32-26-18-27(35(32)51-37-36(31)52-40(47)42-37)34-33(26)38(45)43(39(34)46)24-11-13-25(48-2)14-12-24/h4-17,26-27,31-35H,3,18-19H2,1-2H3,(H,41,44)(H,42,47)/t26-,27-,31-,32?,33?,34?,35?/m1/s1. The van der Waals surface area contributed by atoms with E-state index in [1.54, 1.807) is 43.1 Å². The molecule has 0 spiro atoms. The Hall–Kier alpha value is -5.07. The van der Waals surface area contributed by atoms with Crippen molar-refractivity contribution in [2.75, 3.05) is 30.5 Å². The number of thiazole rings is 1. The van der Waals surface area contributed by atoms with E-state index in [2.05, 4.69) is 10.3 Å². The Kier molecular flexibility index (Phi) is 8.11. The summed E-state index contributed by atoms with van der Waals surface area (Å²) in [6, 6.07) is 26.5. The van der Waals surface area contributed by atoms with Gasteiger partial charge in [0, 0.05) is 21.7 Å². The maximum atomic E-state index is 14.1. The molecule has 1 saturated heterocycles. The van der Waals surface area contributed by atoms with E-state index >= 15 is 0 Å². The number of methoxy groups -OCH3 is 1. The molecule has 12 heteroatoms. The quantitative estimate of drug-likeness (QED) is 0.161. The summed E-state index contributed by atoms with van der Waals surface area (Å²) in [5, 5.41) is 5.91. The lowest BCUT2D eigenvalue weighted by Gasteiger charge is -2.43. The number of aromatic nitrogens is 1. The maximum Gasteiger partial charge on any atom is 0.305 e. The summed E-state index contributed by atoms with van der Waals surface area (Å²) in [6.07, 6.45) is 0.785. The molecule has 2 N–H and O–H groups in total. The molecule has 3 heterocycles. The van der Waals surface area contributed by atoms with Crippen LogP contribution < -0.4 is 29.3 Å². The van der Waals surface area contributed by atoms with Gasteiger partial charge in [-0.15, -0.1) is 11.8 Å². The van der Waals surface area contributed by atoms with Crippen molar-refractivity contribution in [3.8, 4) is 17.2 Å². The van der Waals surface area contributed by atoms with Gasteiger partial charge in [0.25, 0.3) is 5.91 Å². The van der Waals surface area contributed by atoms with E-state index in [1.165, 1.54) is 16.2 Å². The van der Waals surface area contributed by atoms with Crippen molar-refractivity contribution in [2.45, 2.75) is 29.5 Å². The molecule has 264 valence electrons. The van der Waals surface area contributed by atoms with Crippen LogP contribution >= 0.6 is 23.1 Å². The Balaban J connectivity index is 0.996. The number of aromatic amines is 1. The number of nitrogens with one attached hydrogen (secondary N) is 2. The number of benzene rings is 4. The third-order valence-electron chi connectivity index (χ3n) is 11.1. The average Bonchev–Trinajstić information content (AvgIpc) is 3.90. The number of thioether (sulfide) groups is 1. The van der Waals surface area contributed by atoms with Gasteiger partial charge in [-0.2, -0.15) is 0 Å². The predicted octanol–water partition coefficient (Wildman–Crippen LogP) is 6.69. The lowest BCUT2D eigenvalue weighted by Crippen LogP contribution is -2.42. The molecule has 4 aliphatic rings. The second kappa shape index (κ2) is 12.9. The third-order valence-corrected chi connectivity index (χ3v) is 13.7. The number of amides is 3. The predicted molar refractivity (Wildman–Crippen MR) is 200 cm³/mol. The maximum absolute atomic E-state index is 14.1. The van der Waals surface area contributed by atoms with Crippen LogP contribution in [0.25, 0.3) is 10.8 Å². The molecule has 7 atom stereocenters. The van der Waals surface area contributed by atoms with E-state index in [9.17, 15) is 19.2 Å². The zero-order valence-electron chi connectivity index (χ0n) is 28.4. The van der Waals surface area contributed by atoms with Crippen LogP contribution in [0.3, 0.4) is 0 Å². The van der Waals surface area contributed by atoms with E-state index in [0.29, 0.717) is 35.2 Å². The molecule has 5 aromatic rings. The van der Waals surface area contributed by atoms with Crippen LogP contribution in [-0.4, -0.2) is 48.3 Å². The smallest absolute Gasteiger partial charge is 0.305 e. The highest BCUT2D eigenvalue weighted by Crippen LogP contribution is 2.69. The van der Waals surface area contributed by atoms with Gasteiger partial charge in [-0.25, -0.2) is 0 Å². The molecule has 1 aromatic heterocycles. The monoisotopic (exact) mass is 733 g/mol. The molecule has 52 heavy (non-hydrogen) atoms. The van der Waals surface area contributed by atoms with Gasteiger partial charge < -0.3 is 24.5 Å². The summed E-state index contributed by atoms with van der Waals surface area (Å²) in [6.45, 7) is 2.05. The van der Waals surface area contributed by atoms with Crippen molar-refractivity contribution in [1.82, 2.24) is 4.98 Å². The second-order valence-electron chi connectivity index (χ2n) is 13.7. The Morgan fingerprint density at radius 3 is 2.42 bits per heavy atom. The summed E-state index contributed by atoms with van der Waals surface area (Å²) < 4.78 is 17.4. The normalized spacial score (nSPS) is 25.5. The summed E-state index contributed by atoms with van der Waals surface area (Å²) in [7, 11) is 1.58. The molecule has 2 saturated carbocycles. The van der Waals surface area contributed by atoms with Crippen LogP contribution in [0.2, 0.25) is 0 Å². The van der Waals surface area contributed by atoms with Crippen molar-refractivity contribution in [3.63, 3.8) is 0 Å². The number of nitrogens with zero attached hydrogens (tertiary/aromatic N) is 1. The van der Waals surface area contributed by atoms with Crippen molar-refractivity contribution in [1.29, 1.82) is 0 Å². The van der Waals surface area contributed by atoms with Crippen LogP contribution in [0.15, 0.2) is 94.7 Å². The first-order chi connectivity index (χ1) is 25.3. The van der Waals surface area contributed by atoms with E-state index < -0.39 is 11.8 Å². The van der Waals surface area contributed by atoms with Gasteiger partial charge in [0.05, 0.1) is 36.3 Å². The minimum absolute atomic E-state index is 0.00108. The number of anilines is 2. The number of rotatable bonds is 9. The molecular weight excluding hydrogens is 699 g/mol. The van der Waals surface area contributed by atoms with Crippen molar-refractivity contribution < 1.29 is 28.6 Å².